The highest BCUT2D eigenvalue weighted by atomic mass is 16.5. The lowest BCUT2D eigenvalue weighted by atomic mass is 10.0. The first-order valence-electron chi connectivity index (χ1n) is 5.65. The molecule has 1 atom stereocenters. The Bertz CT molecular complexity index is 377. The van der Waals surface area contributed by atoms with Crippen LogP contribution in [0.25, 0.3) is 0 Å². The molecule has 1 aromatic rings. The van der Waals surface area contributed by atoms with Gasteiger partial charge >= 0.3 is 5.97 Å². The Morgan fingerprint density at radius 1 is 1.41 bits per heavy atom. The van der Waals surface area contributed by atoms with Gasteiger partial charge in [0.2, 0.25) is 0 Å². The monoisotopic (exact) mass is 236 g/mol. The SMILES string of the molecule is COC(=O)CCC(N)c1ccccc1N(C)C. The summed E-state index contributed by atoms with van der Waals surface area (Å²) in [4.78, 5) is 13.1. The van der Waals surface area contributed by atoms with Gasteiger partial charge in [0.1, 0.15) is 0 Å². The molecule has 4 heteroatoms. The number of rotatable bonds is 5. The number of para-hydroxylation sites is 1. The first-order valence-corrected chi connectivity index (χ1v) is 5.65. The number of carbonyl (C=O) groups excluding carboxylic acids is 1. The van der Waals surface area contributed by atoms with Crippen molar-refractivity contribution < 1.29 is 9.53 Å². The van der Waals surface area contributed by atoms with Crippen LogP contribution >= 0.6 is 0 Å². The number of nitrogens with two attached hydrogens (primary N) is 1. The van der Waals surface area contributed by atoms with Gasteiger partial charge < -0.3 is 15.4 Å². The number of carbonyl (C=O) groups is 1. The van der Waals surface area contributed by atoms with Gasteiger partial charge in [-0.25, -0.2) is 0 Å². The lowest BCUT2D eigenvalue weighted by Crippen LogP contribution is -2.18. The van der Waals surface area contributed by atoms with Crippen LogP contribution < -0.4 is 10.6 Å². The molecule has 0 aliphatic carbocycles. The fourth-order valence-electron chi connectivity index (χ4n) is 1.74. The maximum atomic E-state index is 11.1. The number of methoxy groups -OCH3 is 1. The molecule has 94 valence electrons. The molecule has 1 rings (SSSR count). The lowest BCUT2D eigenvalue weighted by molar-refractivity contribution is -0.140. The fourth-order valence-corrected chi connectivity index (χ4v) is 1.74. The van der Waals surface area contributed by atoms with E-state index in [0.717, 1.165) is 11.3 Å². The molecular weight excluding hydrogens is 216 g/mol. The molecule has 0 aliphatic rings. The van der Waals surface area contributed by atoms with E-state index in [1.54, 1.807) is 0 Å². The molecule has 17 heavy (non-hydrogen) atoms. The van der Waals surface area contributed by atoms with Crippen molar-refractivity contribution in [3.63, 3.8) is 0 Å². The average molecular weight is 236 g/mol. The molecule has 0 aromatic heterocycles. The molecule has 0 aliphatic heterocycles. The zero-order valence-electron chi connectivity index (χ0n) is 10.6. The second kappa shape index (κ2) is 6.25. The van der Waals surface area contributed by atoms with Crippen molar-refractivity contribution in [3.05, 3.63) is 29.8 Å². The Kier molecular flexibility index (Phi) is 4.97. The van der Waals surface area contributed by atoms with Gasteiger partial charge in [0.05, 0.1) is 7.11 Å². The zero-order chi connectivity index (χ0) is 12.8. The van der Waals surface area contributed by atoms with E-state index in [9.17, 15) is 4.79 Å². The number of benzene rings is 1. The third kappa shape index (κ3) is 3.75. The van der Waals surface area contributed by atoms with Gasteiger partial charge in [-0.2, -0.15) is 0 Å². The van der Waals surface area contributed by atoms with Gasteiger partial charge in [-0.15, -0.1) is 0 Å². The summed E-state index contributed by atoms with van der Waals surface area (Å²) >= 11 is 0. The van der Waals surface area contributed by atoms with Crippen LogP contribution in [-0.2, 0) is 9.53 Å². The Hall–Kier alpha value is -1.55. The highest BCUT2D eigenvalue weighted by molar-refractivity contribution is 5.69. The lowest BCUT2D eigenvalue weighted by Gasteiger charge is -2.21. The van der Waals surface area contributed by atoms with Crippen molar-refractivity contribution in [2.24, 2.45) is 5.73 Å². The van der Waals surface area contributed by atoms with Crippen LogP contribution in [0.1, 0.15) is 24.4 Å². The van der Waals surface area contributed by atoms with E-state index in [0.29, 0.717) is 12.8 Å². The normalized spacial score (nSPS) is 12.0. The van der Waals surface area contributed by atoms with Gasteiger partial charge in [-0.05, 0) is 18.1 Å². The van der Waals surface area contributed by atoms with E-state index < -0.39 is 0 Å². The summed E-state index contributed by atoms with van der Waals surface area (Å²) in [5, 5.41) is 0. The van der Waals surface area contributed by atoms with Gasteiger partial charge in [-0.1, -0.05) is 18.2 Å². The molecule has 0 fully saturated rings. The van der Waals surface area contributed by atoms with E-state index in [1.807, 2.05) is 43.3 Å². The number of nitrogens with zero attached hydrogens (tertiary/aromatic N) is 1. The molecule has 0 radical (unpaired) electrons. The first-order chi connectivity index (χ1) is 8.06. The Morgan fingerprint density at radius 3 is 2.65 bits per heavy atom. The molecule has 0 spiro atoms. The van der Waals surface area contributed by atoms with Crippen LogP contribution in [0.5, 0.6) is 0 Å². The minimum Gasteiger partial charge on any atom is -0.469 e. The van der Waals surface area contributed by atoms with Crippen LogP contribution in [0, 0.1) is 0 Å². The Balaban J connectivity index is 2.74. The third-order valence-corrected chi connectivity index (χ3v) is 2.71. The van der Waals surface area contributed by atoms with Gasteiger partial charge in [0, 0.05) is 32.2 Å². The minimum absolute atomic E-state index is 0.146. The highest BCUT2D eigenvalue weighted by Crippen LogP contribution is 2.26. The molecular formula is C13H20N2O2. The molecule has 0 amide bonds. The predicted octanol–water partition coefficient (Wildman–Crippen LogP) is 1.71. The van der Waals surface area contributed by atoms with Gasteiger partial charge in [0.15, 0.2) is 0 Å². The summed E-state index contributed by atoms with van der Waals surface area (Å²) in [6.07, 6.45) is 0.941. The zero-order valence-corrected chi connectivity index (χ0v) is 10.6. The van der Waals surface area contributed by atoms with E-state index in [2.05, 4.69) is 4.74 Å². The number of esters is 1. The molecule has 1 aromatic carbocycles. The number of hydrogen-bond acceptors (Lipinski definition) is 4. The van der Waals surface area contributed by atoms with Crippen molar-refractivity contribution in [1.82, 2.24) is 0 Å². The molecule has 0 saturated carbocycles. The van der Waals surface area contributed by atoms with Crippen LogP contribution in [0.4, 0.5) is 5.69 Å². The summed E-state index contributed by atoms with van der Waals surface area (Å²) in [7, 11) is 5.35. The molecule has 2 N–H and O–H groups in total. The van der Waals surface area contributed by atoms with Crippen molar-refractivity contribution in [2.45, 2.75) is 18.9 Å². The molecule has 0 heterocycles. The summed E-state index contributed by atoms with van der Waals surface area (Å²) < 4.78 is 4.61. The third-order valence-electron chi connectivity index (χ3n) is 2.71. The van der Waals surface area contributed by atoms with Crippen molar-refractivity contribution in [2.75, 3.05) is 26.1 Å². The first kappa shape index (κ1) is 13.5. The number of hydrogen-bond donors (Lipinski definition) is 1. The van der Waals surface area contributed by atoms with E-state index in [-0.39, 0.29) is 12.0 Å². The van der Waals surface area contributed by atoms with Gasteiger partial charge in [-0.3, -0.25) is 4.79 Å². The van der Waals surface area contributed by atoms with E-state index in [1.165, 1.54) is 7.11 Å². The van der Waals surface area contributed by atoms with Crippen molar-refractivity contribution in [1.29, 1.82) is 0 Å². The highest BCUT2D eigenvalue weighted by Gasteiger charge is 2.13. The standard InChI is InChI=1S/C13H20N2O2/c1-15(2)12-7-5-4-6-10(12)11(14)8-9-13(16)17-3/h4-7,11H,8-9,14H2,1-3H3. The van der Waals surface area contributed by atoms with Crippen molar-refractivity contribution in [3.8, 4) is 0 Å². The Labute approximate surface area is 102 Å². The molecule has 0 saturated heterocycles. The molecule has 4 nitrogen and oxygen atoms in total. The Morgan fingerprint density at radius 2 is 2.06 bits per heavy atom. The number of anilines is 1. The van der Waals surface area contributed by atoms with Crippen LogP contribution in [0.2, 0.25) is 0 Å². The van der Waals surface area contributed by atoms with Crippen molar-refractivity contribution >= 4 is 11.7 Å². The summed E-state index contributed by atoms with van der Waals surface area (Å²) in [5.41, 5.74) is 8.25. The predicted molar refractivity (Wildman–Crippen MR) is 68.9 cm³/mol. The maximum Gasteiger partial charge on any atom is 0.305 e. The van der Waals surface area contributed by atoms with E-state index >= 15 is 0 Å². The summed E-state index contributed by atoms with van der Waals surface area (Å²) in [5.74, 6) is -0.220. The molecule has 1 unspecified atom stereocenters. The van der Waals surface area contributed by atoms with Crippen LogP contribution in [0.3, 0.4) is 0 Å². The van der Waals surface area contributed by atoms with Crippen LogP contribution in [-0.4, -0.2) is 27.2 Å². The molecule has 0 bridgehead atoms. The largest absolute Gasteiger partial charge is 0.469 e. The van der Waals surface area contributed by atoms with E-state index in [4.69, 9.17) is 5.73 Å². The van der Waals surface area contributed by atoms with Crippen LogP contribution in [0.15, 0.2) is 24.3 Å². The second-order valence-electron chi connectivity index (χ2n) is 4.17. The summed E-state index contributed by atoms with van der Waals surface area (Å²) in [6.45, 7) is 0. The number of ether oxygens (including phenoxy) is 1. The maximum absolute atomic E-state index is 11.1. The average Bonchev–Trinajstić information content (AvgIpc) is 2.35. The van der Waals surface area contributed by atoms with Gasteiger partial charge in [0.25, 0.3) is 0 Å². The quantitative estimate of drug-likeness (QED) is 0.791. The second-order valence-corrected chi connectivity index (χ2v) is 4.17. The fraction of sp³-hybridized carbons (Fsp3) is 0.462. The minimum atomic E-state index is -0.220. The summed E-state index contributed by atoms with van der Waals surface area (Å²) in [6, 6.07) is 7.81. The smallest absolute Gasteiger partial charge is 0.305 e. The topological polar surface area (TPSA) is 55.6 Å².